The number of amides is 1. The summed E-state index contributed by atoms with van der Waals surface area (Å²) in [6, 6.07) is 17.4. The first-order valence-electron chi connectivity index (χ1n) is 13.1. The smallest absolute Gasteiger partial charge is 0.408 e. The highest BCUT2D eigenvalue weighted by atomic mass is 16.6. The fourth-order valence-corrected chi connectivity index (χ4v) is 3.70. The highest BCUT2D eigenvalue weighted by Gasteiger charge is 2.32. The number of alkyl carbamates (subject to hydrolysis) is 1. The second-order valence-corrected chi connectivity index (χ2v) is 10.1. The van der Waals surface area contributed by atoms with E-state index in [0.717, 1.165) is 7.11 Å². The maximum absolute atomic E-state index is 13.4. The van der Waals surface area contributed by atoms with Crippen molar-refractivity contribution in [3.8, 4) is 0 Å². The van der Waals surface area contributed by atoms with Gasteiger partial charge >= 0.3 is 24.0 Å². The van der Waals surface area contributed by atoms with E-state index in [-0.39, 0.29) is 11.5 Å². The van der Waals surface area contributed by atoms with Gasteiger partial charge < -0.3 is 39.6 Å². The molecule has 0 aliphatic carbocycles. The van der Waals surface area contributed by atoms with Crippen LogP contribution >= 0.6 is 0 Å². The second kappa shape index (κ2) is 14.6. The monoisotopic (exact) mass is 595 g/mol. The number of carboxylic acid groups (broad SMARTS) is 1. The van der Waals surface area contributed by atoms with Crippen molar-refractivity contribution in [2.45, 2.75) is 44.6 Å². The van der Waals surface area contributed by atoms with E-state index in [1.165, 1.54) is 12.1 Å². The lowest BCUT2D eigenvalue weighted by atomic mass is 10.0. The molecule has 0 saturated carbocycles. The maximum atomic E-state index is 13.4. The number of oxime groups is 1. The molecule has 2 aromatic carbocycles. The lowest BCUT2D eigenvalue weighted by Crippen LogP contribution is -2.47. The molecular formula is C30H33N3O10. The summed E-state index contributed by atoms with van der Waals surface area (Å²) in [5.41, 5.74) is 5.87. The number of benzene rings is 2. The van der Waals surface area contributed by atoms with Crippen LogP contribution in [0.1, 0.15) is 55.6 Å². The van der Waals surface area contributed by atoms with E-state index < -0.39 is 60.1 Å². The summed E-state index contributed by atoms with van der Waals surface area (Å²) in [4.78, 5) is 54.7. The van der Waals surface area contributed by atoms with Crippen LogP contribution in [0, 0.1) is 0 Å². The van der Waals surface area contributed by atoms with Gasteiger partial charge in [-0.3, -0.25) is 0 Å². The maximum Gasteiger partial charge on any atom is 0.408 e. The number of esters is 2. The Hall–Kier alpha value is -5.17. The average molecular weight is 596 g/mol. The Bertz CT molecular complexity index is 1390. The Labute approximate surface area is 247 Å². The van der Waals surface area contributed by atoms with Crippen molar-refractivity contribution < 1.29 is 47.8 Å². The molecule has 13 heteroatoms. The molecule has 0 aliphatic heterocycles. The number of hydrogen-bond donors (Lipinski definition) is 3. The fourth-order valence-electron chi connectivity index (χ4n) is 3.70. The summed E-state index contributed by atoms with van der Waals surface area (Å²) in [5.74, 6) is -3.73. The van der Waals surface area contributed by atoms with Crippen molar-refractivity contribution in [2.24, 2.45) is 10.9 Å². The number of rotatable bonds is 12. The SMILES string of the molecule is CO/N=C(\C(=O)O)c1ccc(C(N)C(=O)OCC(NC(=O)OC(C)(C)C)C(=O)OC(c2ccccc2)c2ccccc2)o1. The van der Waals surface area contributed by atoms with E-state index in [0.29, 0.717) is 11.1 Å². The van der Waals surface area contributed by atoms with Gasteiger partial charge in [0.2, 0.25) is 5.71 Å². The summed E-state index contributed by atoms with van der Waals surface area (Å²) in [7, 11) is 1.16. The number of carboxylic acids is 1. The van der Waals surface area contributed by atoms with Gasteiger partial charge in [0.25, 0.3) is 0 Å². The minimum Gasteiger partial charge on any atom is -0.476 e. The number of nitrogens with one attached hydrogen (secondary N) is 1. The van der Waals surface area contributed by atoms with Gasteiger partial charge in [-0.25, -0.2) is 19.2 Å². The fraction of sp³-hybridized carbons (Fsp3) is 0.300. The molecule has 4 N–H and O–H groups in total. The summed E-state index contributed by atoms with van der Waals surface area (Å²) < 4.78 is 21.7. The Morgan fingerprint density at radius 2 is 1.51 bits per heavy atom. The van der Waals surface area contributed by atoms with Gasteiger partial charge in [0, 0.05) is 0 Å². The molecule has 1 heterocycles. The van der Waals surface area contributed by atoms with Crippen molar-refractivity contribution in [1.29, 1.82) is 0 Å². The van der Waals surface area contributed by atoms with Crippen LogP contribution in [-0.4, -0.2) is 60.2 Å². The Morgan fingerprint density at radius 1 is 0.930 bits per heavy atom. The number of carbonyl (C=O) groups excluding carboxylic acids is 3. The molecule has 0 aliphatic rings. The third kappa shape index (κ3) is 9.43. The Morgan fingerprint density at radius 3 is 2.02 bits per heavy atom. The zero-order valence-electron chi connectivity index (χ0n) is 24.0. The van der Waals surface area contributed by atoms with E-state index >= 15 is 0 Å². The number of nitrogens with two attached hydrogens (primary N) is 1. The topological polar surface area (TPSA) is 189 Å². The Balaban J connectivity index is 1.79. The van der Waals surface area contributed by atoms with Crippen molar-refractivity contribution in [3.63, 3.8) is 0 Å². The van der Waals surface area contributed by atoms with Crippen LogP contribution in [0.15, 0.2) is 82.4 Å². The van der Waals surface area contributed by atoms with Crippen molar-refractivity contribution in [1.82, 2.24) is 5.32 Å². The van der Waals surface area contributed by atoms with Gasteiger partial charge in [-0.2, -0.15) is 0 Å². The predicted molar refractivity (Wildman–Crippen MR) is 152 cm³/mol. The van der Waals surface area contributed by atoms with Gasteiger partial charge in [0.05, 0.1) is 0 Å². The van der Waals surface area contributed by atoms with Gasteiger partial charge in [-0.15, -0.1) is 0 Å². The average Bonchev–Trinajstić information content (AvgIpc) is 3.45. The molecule has 0 radical (unpaired) electrons. The number of furan rings is 1. The molecule has 3 aromatic rings. The minimum absolute atomic E-state index is 0.141. The number of hydrogen-bond acceptors (Lipinski definition) is 11. The lowest BCUT2D eigenvalue weighted by molar-refractivity contribution is -0.155. The molecule has 0 spiro atoms. The minimum atomic E-state index is -1.51. The third-order valence-corrected chi connectivity index (χ3v) is 5.61. The summed E-state index contributed by atoms with van der Waals surface area (Å²) in [5, 5.41) is 15.0. The van der Waals surface area contributed by atoms with Crippen LogP contribution in [0.2, 0.25) is 0 Å². The lowest BCUT2D eigenvalue weighted by Gasteiger charge is -2.25. The molecule has 0 saturated heterocycles. The number of aliphatic carboxylic acids is 1. The molecule has 2 unspecified atom stereocenters. The molecule has 1 amide bonds. The normalized spacial score (nSPS) is 13.0. The first-order valence-corrected chi connectivity index (χ1v) is 13.1. The largest absolute Gasteiger partial charge is 0.476 e. The van der Waals surface area contributed by atoms with Crippen LogP contribution in [0.3, 0.4) is 0 Å². The summed E-state index contributed by atoms with van der Waals surface area (Å²) >= 11 is 0. The van der Waals surface area contributed by atoms with E-state index in [2.05, 4.69) is 15.3 Å². The number of ether oxygens (including phenoxy) is 3. The summed E-state index contributed by atoms with van der Waals surface area (Å²) in [6.45, 7) is 4.26. The number of nitrogens with zero attached hydrogens (tertiary/aromatic N) is 1. The van der Waals surface area contributed by atoms with Crippen molar-refractivity contribution in [3.05, 3.63) is 95.4 Å². The van der Waals surface area contributed by atoms with Crippen LogP contribution in [0.5, 0.6) is 0 Å². The van der Waals surface area contributed by atoms with Crippen LogP contribution in [-0.2, 0) is 33.4 Å². The highest BCUT2D eigenvalue weighted by molar-refractivity contribution is 6.41. The van der Waals surface area contributed by atoms with E-state index in [9.17, 15) is 24.3 Å². The first kappa shape index (κ1) is 32.3. The molecular weight excluding hydrogens is 562 g/mol. The molecule has 228 valence electrons. The predicted octanol–water partition coefficient (Wildman–Crippen LogP) is 3.48. The van der Waals surface area contributed by atoms with E-state index in [4.69, 9.17) is 24.4 Å². The molecule has 0 bridgehead atoms. The first-order chi connectivity index (χ1) is 20.4. The van der Waals surface area contributed by atoms with Crippen molar-refractivity contribution >= 4 is 29.7 Å². The quantitative estimate of drug-likeness (QED) is 0.120. The highest BCUT2D eigenvalue weighted by Crippen LogP contribution is 2.26. The summed E-state index contributed by atoms with van der Waals surface area (Å²) in [6.07, 6.45) is -1.78. The third-order valence-electron chi connectivity index (χ3n) is 5.61. The molecule has 43 heavy (non-hydrogen) atoms. The zero-order valence-corrected chi connectivity index (χ0v) is 24.0. The molecule has 2 atom stereocenters. The molecule has 3 rings (SSSR count). The van der Waals surface area contributed by atoms with Crippen LogP contribution in [0.4, 0.5) is 4.79 Å². The van der Waals surface area contributed by atoms with Gasteiger partial charge in [-0.1, -0.05) is 65.8 Å². The van der Waals surface area contributed by atoms with Crippen LogP contribution in [0.25, 0.3) is 0 Å². The van der Waals surface area contributed by atoms with Gasteiger partial charge in [0.1, 0.15) is 25.1 Å². The van der Waals surface area contributed by atoms with E-state index in [1.807, 2.05) is 12.1 Å². The molecule has 0 fully saturated rings. The second-order valence-electron chi connectivity index (χ2n) is 10.1. The Kier molecular flexibility index (Phi) is 11.0. The van der Waals surface area contributed by atoms with Crippen molar-refractivity contribution in [2.75, 3.05) is 13.7 Å². The van der Waals surface area contributed by atoms with Crippen LogP contribution < -0.4 is 11.1 Å². The zero-order chi connectivity index (χ0) is 31.6. The number of carbonyl (C=O) groups is 4. The molecule has 1 aromatic heterocycles. The standard InChI is InChI=1S/C30H33N3O10/c1-30(2,3)43-29(38)32-20(27(36)42-25(18-11-7-5-8-12-18)19-13-9-6-10-14-19)17-40-28(37)23(31)21-15-16-22(41-21)24(26(34)35)33-39-4/h5-16,20,23,25H,17,31H2,1-4H3,(H,32,38)(H,34,35)/b33-24-. The van der Waals surface area contributed by atoms with Gasteiger partial charge in [0.15, 0.2) is 23.9 Å². The van der Waals surface area contributed by atoms with Gasteiger partial charge in [-0.05, 0) is 44.0 Å². The van der Waals surface area contributed by atoms with E-state index in [1.54, 1.807) is 69.3 Å². The molecule has 13 nitrogen and oxygen atoms in total.